The fourth-order valence-corrected chi connectivity index (χ4v) is 9.61. The second-order valence-corrected chi connectivity index (χ2v) is 14.3. The van der Waals surface area contributed by atoms with Gasteiger partial charge in [0, 0.05) is 50.8 Å². The van der Waals surface area contributed by atoms with Crippen LogP contribution in [0.25, 0.3) is 65.9 Å². The van der Waals surface area contributed by atoms with E-state index in [4.69, 9.17) is 0 Å². The van der Waals surface area contributed by atoms with Crippen LogP contribution in [0.1, 0.15) is 119 Å². The van der Waals surface area contributed by atoms with E-state index in [-0.39, 0.29) is 23.6 Å². The van der Waals surface area contributed by atoms with Crippen LogP contribution in [0, 0.1) is 0 Å². The molecule has 0 saturated carbocycles. The summed E-state index contributed by atoms with van der Waals surface area (Å²) < 4.78 is 2.17. The number of aromatic amines is 1. The van der Waals surface area contributed by atoms with Crippen LogP contribution in [0.3, 0.4) is 0 Å². The number of para-hydroxylation sites is 2. The molecule has 4 amide bonds. The number of aryl methyl sites for hydroxylation is 3. The zero-order valence-electron chi connectivity index (χ0n) is 36.6. The molecule has 3 N–H and O–H groups in total. The molecule has 8 heteroatoms. The van der Waals surface area contributed by atoms with Crippen LogP contribution >= 0.6 is 0 Å². The summed E-state index contributed by atoms with van der Waals surface area (Å²) in [5, 5.41) is 8.79. The molecule has 4 aliphatic rings. The normalized spacial score (nSPS) is 13.5. The second kappa shape index (κ2) is 17.4. The Morgan fingerprint density at radius 2 is 0.885 bits per heavy atom. The Hall–Kier alpha value is -6.80. The quantitative estimate of drug-likeness (QED) is 0.132. The van der Waals surface area contributed by atoms with Crippen molar-refractivity contribution in [2.75, 3.05) is 0 Å². The van der Waals surface area contributed by atoms with Gasteiger partial charge in [-0.25, -0.2) is 0 Å². The van der Waals surface area contributed by atoms with E-state index in [2.05, 4.69) is 62.6 Å². The van der Waals surface area contributed by atoms with Gasteiger partial charge in [0.25, 0.3) is 23.6 Å². The Balaban J connectivity index is 0.000000159. The number of aromatic nitrogens is 2. The van der Waals surface area contributed by atoms with Crippen molar-refractivity contribution in [2.45, 2.75) is 81.1 Å². The van der Waals surface area contributed by atoms with Crippen molar-refractivity contribution >= 4 is 67.2 Å². The van der Waals surface area contributed by atoms with E-state index in [9.17, 15) is 19.2 Å². The first kappa shape index (κ1) is 42.3. The molecule has 0 radical (unpaired) electrons. The van der Waals surface area contributed by atoms with Crippen molar-refractivity contribution in [2.24, 2.45) is 7.05 Å². The van der Waals surface area contributed by atoms with E-state index in [1.165, 1.54) is 16.7 Å². The van der Waals surface area contributed by atoms with Gasteiger partial charge in [-0.1, -0.05) is 140 Å². The molecule has 4 heterocycles. The van der Waals surface area contributed by atoms with Crippen molar-refractivity contribution in [3.8, 4) is 22.3 Å². The largest absolute Gasteiger partial charge is 0.354 e. The lowest BCUT2D eigenvalue weighted by Crippen LogP contribution is -2.20. The monoisotopic (exact) mass is 810 g/mol. The van der Waals surface area contributed by atoms with Gasteiger partial charge in [0.15, 0.2) is 0 Å². The maximum atomic E-state index is 12.7. The predicted molar refractivity (Wildman–Crippen MR) is 251 cm³/mol. The molecule has 61 heavy (non-hydrogen) atoms. The summed E-state index contributed by atoms with van der Waals surface area (Å²) in [6.45, 7) is 16.0. The zero-order chi connectivity index (χ0) is 43.7. The third kappa shape index (κ3) is 6.44. The fraction of sp³-hybridized carbons (Fsp3) is 0.245. The Kier molecular flexibility index (Phi) is 12.1. The van der Waals surface area contributed by atoms with Gasteiger partial charge >= 0.3 is 0 Å². The highest BCUT2D eigenvalue weighted by molar-refractivity contribution is 6.34. The molecule has 6 aromatic carbocycles. The molecule has 0 bridgehead atoms. The molecule has 0 saturated heterocycles. The SMILES string of the molecule is CC.CC.CC.CC.Cn1c2ccccc2c2c3c(c4c(c21)-c1ccccc1CC4)C(=O)NC3=O.O=C1NC(=O)c2c1c1c(c3[nH]c4ccccc4c23)-c2ccccc2CC1. The number of nitrogens with one attached hydrogen (secondary N) is 3. The van der Waals surface area contributed by atoms with Crippen LogP contribution in [0.4, 0.5) is 0 Å². The second-order valence-electron chi connectivity index (χ2n) is 14.3. The highest BCUT2D eigenvalue weighted by atomic mass is 16.2. The van der Waals surface area contributed by atoms with Crippen LogP contribution < -0.4 is 10.6 Å². The molecule has 2 aliphatic carbocycles. The standard InChI is InChI=1S/C23H16N2O2.C22H14N2O2.4C2H6/c1-25-16-9-5-4-8-14(16)18-20-19(22(26)24-23(20)27)15-11-10-12-6-2-3-7-13(12)17(15)21(18)25;25-21-18-14-10-9-11-5-1-2-6-12(11)16(14)20-17(19(18)22(26)24-21)13-7-3-4-8-15(13)23-20;4*1-2/h2-9H,10-11H2,1H3,(H,24,26,27);1-8,23H,9-10H2,(H,24,25,26);4*1-2H3. The number of rotatable bonds is 0. The van der Waals surface area contributed by atoms with Gasteiger partial charge in [0.1, 0.15) is 0 Å². The topological polar surface area (TPSA) is 113 Å². The minimum absolute atomic E-state index is 0.263. The molecule has 2 aromatic heterocycles. The van der Waals surface area contributed by atoms with Crippen LogP contribution in [0.2, 0.25) is 0 Å². The van der Waals surface area contributed by atoms with Gasteiger partial charge in [-0.05, 0) is 71.2 Å². The van der Waals surface area contributed by atoms with E-state index < -0.39 is 0 Å². The maximum Gasteiger partial charge on any atom is 0.259 e. The van der Waals surface area contributed by atoms with Gasteiger partial charge in [-0.2, -0.15) is 0 Å². The number of carbonyl (C=O) groups excluding carboxylic acids is 4. The molecule has 2 aliphatic heterocycles. The first-order chi connectivity index (χ1) is 29.9. The third-order valence-corrected chi connectivity index (χ3v) is 11.7. The minimum atomic E-state index is -0.290. The number of amides is 4. The molecule has 0 atom stereocenters. The lowest BCUT2D eigenvalue weighted by molar-refractivity contribution is 0.0863. The number of hydrogen-bond donors (Lipinski definition) is 3. The van der Waals surface area contributed by atoms with Crippen LogP contribution in [0.5, 0.6) is 0 Å². The number of imide groups is 2. The number of benzene rings is 6. The molecular weight excluding hydrogens is 757 g/mol. The van der Waals surface area contributed by atoms with Crippen LogP contribution in [0.15, 0.2) is 97.1 Å². The van der Waals surface area contributed by atoms with Crippen LogP contribution in [-0.4, -0.2) is 33.2 Å². The average Bonchev–Trinajstić information content (AvgIpc) is 4.04. The Morgan fingerprint density at radius 1 is 0.443 bits per heavy atom. The first-order valence-corrected chi connectivity index (χ1v) is 21.9. The predicted octanol–water partition coefficient (Wildman–Crippen LogP) is 12.1. The van der Waals surface area contributed by atoms with Crippen LogP contribution in [-0.2, 0) is 32.7 Å². The maximum absolute atomic E-state index is 12.7. The lowest BCUT2D eigenvalue weighted by atomic mass is 9.80. The molecule has 0 spiro atoms. The van der Waals surface area contributed by atoms with Crippen molar-refractivity contribution in [3.05, 3.63) is 142 Å². The van der Waals surface area contributed by atoms with Crippen molar-refractivity contribution < 1.29 is 19.2 Å². The highest BCUT2D eigenvalue weighted by Crippen LogP contribution is 2.48. The summed E-state index contributed by atoms with van der Waals surface area (Å²) in [6, 6.07) is 32.8. The first-order valence-electron chi connectivity index (χ1n) is 21.9. The van der Waals surface area contributed by atoms with E-state index in [1.807, 2.05) is 117 Å². The van der Waals surface area contributed by atoms with Gasteiger partial charge in [0.05, 0.1) is 33.3 Å². The summed E-state index contributed by atoms with van der Waals surface area (Å²) in [5.74, 6) is -1.10. The molecule has 0 unspecified atom stereocenters. The molecule has 12 rings (SSSR count). The Labute approximate surface area is 357 Å². The number of carbonyl (C=O) groups is 4. The number of hydrogen-bond acceptors (Lipinski definition) is 4. The van der Waals surface area contributed by atoms with Gasteiger partial charge < -0.3 is 9.55 Å². The summed E-state index contributed by atoms with van der Waals surface area (Å²) in [4.78, 5) is 54.2. The average molecular weight is 811 g/mol. The van der Waals surface area contributed by atoms with Crippen molar-refractivity contribution in [1.29, 1.82) is 0 Å². The number of nitrogens with zero attached hydrogens (tertiary/aromatic N) is 1. The molecule has 0 fully saturated rings. The van der Waals surface area contributed by atoms with E-state index in [1.54, 1.807) is 0 Å². The van der Waals surface area contributed by atoms with E-state index in [0.717, 1.165) is 97.1 Å². The number of H-pyrrole nitrogens is 1. The Bertz CT molecular complexity index is 3050. The molecule has 310 valence electrons. The summed E-state index contributed by atoms with van der Waals surface area (Å²) in [7, 11) is 2.04. The fourth-order valence-electron chi connectivity index (χ4n) is 9.61. The van der Waals surface area contributed by atoms with Gasteiger partial charge in [-0.15, -0.1) is 0 Å². The lowest BCUT2D eigenvalue weighted by Gasteiger charge is -2.23. The Morgan fingerprint density at radius 3 is 1.48 bits per heavy atom. The van der Waals surface area contributed by atoms with Crippen molar-refractivity contribution in [1.82, 2.24) is 20.2 Å². The molecule has 8 aromatic rings. The van der Waals surface area contributed by atoms with Crippen molar-refractivity contribution in [3.63, 3.8) is 0 Å². The zero-order valence-corrected chi connectivity index (χ0v) is 36.6. The summed E-state index contributed by atoms with van der Waals surface area (Å²) in [6.07, 6.45) is 3.29. The smallest absolute Gasteiger partial charge is 0.259 e. The summed E-state index contributed by atoms with van der Waals surface area (Å²) >= 11 is 0. The molecule has 8 nitrogen and oxygen atoms in total. The van der Waals surface area contributed by atoms with Gasteiger partial charge in [-0.3, -0.25) is 29.8 Å². The summed E-state index contributed by atoms with van der Waals surface area (Å²) in [5.41, 5.74) is 15.3. The third-order valence-electron chi connectivity index (χ3n) is 11.7. The van der Waals surface area contributed by atoms with E-state index >= 15 is 0 Å². The number of fused-ring (bicyclic) bond motifs is 20. The van der Waals surface area contributed by atoms with E-state index in [0.29, 0.717) is 22.3 Å². The molecular formula is C53H54N4O4. The van der Waals surface area contributed by atoms with Gasteiger partial charge in [0.2, 0.25) is 0 Å². The highest BCUT2D eigenvalue weighted by Gasteiger charge is 2.39. The minimum Gasteiger partial charge on any atom is -0.354 e.